The molecule has 0 spiro atoms. The van der Waals surface area contributed by atoms with Gasteiger partial charge in [-0.1, -0.05) is 56.2 Å². The van der Waals surface area contributed by atoms with Crippen LogP contribution in [-0.2, 0) is 6.54 Å². The van der Waals surface area contributed by atoms with E-state index < -0.39 is 0 Å². The molecule has 0 radical (unpaired) electrons. The van der Waals surface area contributed by atoms with E-state index in [4.69, 9.17) is 11.6 Å². The minimum absolute atomic E-state index is 0.645. The molecule has 2 aromatic carbocycles. The molecule has 2 rings (SSSR count). The largest absolute Gasteiger partial charge is 0.360 e. The fourth-order valence-corrected chi connectivity index (χ4v) is 3.21. The van der Waals surface area contributed by atoms with Crippen molar-refractivity contribution in [3.8, 4) is 12.0 Å². The molecule has 2 aromatic rings. The Morgan fingerprint density at radius 1 is 1.04 bits per heavy atom. The van der Waals surface area contributed by atoms with Crippen LogP contribution in [0.25, 0.3) is 6.08 Å². The molecule has 0 atom stereocenters. The zero-order valence-electron chi connectivity index (χ0n) is 17.1. The van der Waals surface area contributed by atoms with Crippen LogP contribution >= 0.6 is 11.6 Å². The van der Waals surface area contributed by atoms with Crippen LogP contribution in [0.2, 0.25) is 5.02 Å². The minimum Gasteiger partial charge on any atom is -0.360 e. The van der Waals surface area contributed by atoms with Crippen molar-refractivity contribution < 1.29 is 0 Å². The van der Waals surface area contributed by atoms with Crippen LogP contribution in [0.4, 0.5) is 11.4 Å². The zero-order valence-corrected chi connectivity index (χ0v) is 17.9. The molecule has 0 aromatic heterocycles. The summed E-state index contributed by atoms with van der Waals surface area (Å²) in [4.78, 5) is 4.69. The smallest absolute Gasteiger partial charge is 0.0812 e. The van der Waals surface area contributed by atoms with Crippen LogP contribution in [-0.4, -0.2) is 31.1 Å². The molecule has 28 heavy (non-hydrogen) atoms. The minimum atomic E-state index is 0.645. The van der Waals surface area contributed by atoms with Crippen LogP contribution in [0, 0.1) is 12.0 Å². The van der Waals surface area contributed by atoms with Crippen LogP contribution in [0.1, 0.15) is 31.9 Å². The first-order valence-electron chi connectivity index (χ1n) is 9.83. The van der Waals surface area contributed by atoms with Gasteiger partial charge in [-0.3, -0.25) is 4.90 Å². The molecule has 0 heterocycles. The van der Waals surface area contributed by atoms with Crippen molar-refractivity contribution >= 4 is 29.1 Å². The zero-order chi connectivity index (χ0) is 20.4. The number of benzene rings is 2. The number of anilines is 2. The van der Waals surface area contributed by atoms with E-state index in [1.165, 1.54) is 16.8 Å². The van der Waals surface area contributed by atoms with E-state index in [0.29, 0.717) is 6.54 Å². The summed E-state index contributed by atoms with van der Waals surface area (Å²) in [6.45, 7) is 15.1. The van der Waals surface area contributed by atoms with E-state index in [2.05, 4.69) is 72.6 Å². The van der Waals surface area contributed by atoms with Crippen molar-refractivity contribution in [1.82, 2.24) is 4.90 Å². The summed E-state index contributed by atoms with van der Waals surface area (Å²) in [5, 5.41) is 3.83. The summed E-state index contributed by atoms with van der Waals surface area (Å²) in [6.07, 6.45) is 1.97. The quantitative estimate of drug-likeness (QED) is 0.432. The maximum atomic E-state index is 5.91. The average molecular weight is 396 g/mol. The fourth-order valence-electron chi connectivity index (χ4n) is 3.09. The van der Waals surface area contributed by atoms with Gasteiger partial charge in [-0.25, -0.2) is 0 Å². The Balaban J connectivity index is 2.14. The summed E-state index contributed by atoms with van der Waals surface area (Å²) in [6, 6.07) is 17.0. The molecule has 148 valence electrons. The summed E-state index contributed by atoms with van der Waals surface area (Å²) < 4.78 is 0. The van der Waals surface area contributed by atoms with E-state index >= 15 is 0 Å². The lowest BCUT2D eigenvalue weighted by atomic mass is 10.0. The number of nitrogens with zero attached hydrogens (tertiary/aromatic N) is 2. The third-order valence-electron chi connectivity index (χ3n) is 4.80. The van der Waals surface area contributed by atoms with Crippen molar-refractivity contribution in [2.24, 2.45) is 0 Å². The lowest BCUT2D eigenvalue weighted by molar-refractivity contribution is 0.295. The van der Waals surface area contributed by atoms with Crippen molar-refractivity contribution in [3.63, 3.8) is 0 Å². The predicted molar refractivity (Wildman–Crippen MR) is 124 cm³/mol. The van der Waals surface area contributed by atoms with Crippen LogP contribution in [0.15, 0.2) is 49.0 Å². The number of halogens is 1. The molecular formula is C24H30ClN3. The van der Waals surface area contributed by atoms with Gasteiger partial charge in [0.25, 0.3) is 0 Å². The molecule has 1 N–H and O–H groups in total. The van der Waals surface area contributed by atoms with Crippen LogP contribution < -0.4 is 10.2 Å². The fraction of sp³-hybridized carbons (Fsp3) is 0.333. The standard InChI is InChI=1S/C24H30ClN3/c1-5-23-20(19-27(6-2)7-3)11-9-12-24(23)28(8-4)18-10-17-26-22-15-13-21(25)14-16-22/h5,9,11-16,26H,1,6-8,18-19H2,2-4H3. The normalized spacial score (nSPS) is 10.3. The molecule has 0 saturated heterocycles. The maximum Gasteiger partial charge on any atom is 0.0812 e. The van der Waals surface area contributed by atoms with Crippen molar-refractivity contribution in [1.29, 1.82) is 0 Å². The van der Waals surface area contributed by atoms with Gasteiger partial charge in [-0.15, -0.1) is 0 Å². The molecule has 0 unspecified atom stereocenters. The average Bonchev–Trinajstić information content (AvgIpc) is 2.73. The lowest BCUT2D eigenvalue weighted by Crippen LogP contribution is -2.26. The summed E-state index contributed by atoms with van der Waals surface area (Å²) in [5.74, 6) is 3.22. The van der Waals surface area contributed by atoms with E-state index in [1.807, 2.05) is 30.3 Å². The van der Waals surface area contributed by atoms with Gasteiger partial charge in [-0.05, 0) is 55.9 Å². The first-order chi connectivity index (χ1) is 13.6. The molecule has 0 fully saturated rings. The molecule has 0 amide bonds. The van der Waals surface area contributed by atoms with Gasteiger partial charge in [0, 0.05) is 41.1 Å². The maximum absolute atomic E-state index is 5.91. The molecule has 3 nitrogen and oxygen atoms in total. The summed E-state index contributed by atoms with van der Waals surface area (Å²) >= 11 is 5.91. The van der Waals surface area contributed by atoms with Crippen LogP contribution in [0.3, 0.4) is 0 Å². The number of hydrogen-bond donors (Lipinski definition) is 1. The Labute approximate surface area is 175 Å². The molecular weight excluding hydrogens is 366 g/mol. The van der Waals surface area contributed by atoms with Gasteiger partial charge in [0.05, 0.1) is 6.54 Å². The number of hydrogen-bond acceptors (Lipinski definition) is 3. The van der Waals surface area contributed by atoms with Gasteiger partial charge in [-0.2, -0.15) is 0 Å². The topological polar surface area (TPSA) is 18.5 Å². The highest BCUT2D eigenvalue weighted by atomic mass is 35.5. The van der Waals surface area contributed by atoms with Crippen molar-refractivity contribution in [3.05, 3.63) is 65.2 Å². The van der Waals surface area contributed by atoms with E-state index in [0.717, 1.165) is 36.9 Å². The molecule has 0 aliphatic rings. The highest BCUT2D eigenvalue weighted by molar-refractivity contribution is 6.30. The van der Waals surface area contributed by atoms with E-state index in [9.17, 15) is 0 Å². The summed E-state index contributed by atoms with van der Waals surface area (Å²) in [5.41, 5.74) is 4.63. The van der Waals surface area contributed by atoms with E-state index in [-0.39, 0.29) is 0 Å². The van der Waals surface area contributed by atoms with Gasteiger partial charge in [0.1, 0.15) is 0 Å². The Morgan fingerprint density at radius 3 is 2.36 bits per heavy atom. The first-order valence-corrected chi connectivity index (χ1v) is 10.2. The number of rotatable bonds is 9. The Kier molecular flexibility index (Phi) is 8.94. The molecule has 0 aliphatic heterocycles. The highest BCUT2D eigenvalue weighted by Gasteiger charge is 2.12. The second kappa shape index (κ2) is 11.4. The van der Waals surface area contributed by atoms with Gasteiger partial charge >= 0.3 is 0 Å². The third kappa shape index (κ3) is 6.05. The highest BCUT2D eigenvalue weighted by Crippen LogP contribution is 2.26. The van der Waals surface area contributed by atoms with Gasteiger partial charge < -0.3 is 10.2 Å². The second-order valence-electron chi connectivity index (χ2n) is 6.46. The first kappa shape index (κ1) is 21.9. The van der Waals surface area contributed by atoms with Crippen molar-refractivity contribution in [2.45, 2.75) is 27.3 Å². The molecule has 4 heteroatoms. The molecule has 0 bridgehead atoms. The predicted octanol–water partition coefficient (Wildman–Crippen LogP) is 5.72. The SMILES string of the molecule is C=Cc1c(CN(CC)CC)cccc1N(CC)CC#CNc1ccc(Cl)cc1. The lowest BCUT2D eigenvalue weighted by Gasteiger charge is -2.26. The number of nitrogens with one attached hydrogen (secondary N) is 1. The van der Waals surface area contributed by atoms with Crippen molar-refractivity contribution in [2.75, 3.05) is 36.4 Å². The Hall–Kier alpha value is -2.41. The third-order valence-corrected chi connectivity index (χ3v) is 5.05. The molecule has 0 aliphatic carbocycles. The summed E-state index contributed by atoms with van der Waals surface area (Å²) in [7, 11) is 0. The Bertz CT molecular complexity index is 814. The monoisotopic (exact) mass is 395 g/mol. The second-order valence-corrected chi connectivity index (χ2v) is 6.90. The van der Waals surface area contributed by atoms with Gasteiger partial charge in [0.2, 0.25) is 0 Å². The van der Waals surface area contributed by atoms with Crippen LogP contribution in [0.5, 0.6) is 0 Å². The Morgan fingerprint density at radius 2 is 1.75 bits per heavy atom. The molecule has 0 saturated carbocycles. The van der Waals surface area contributed by atoms with E-state index in [1.54, 1.807) is 0 Å². The van der Waals surface area contributed by atoms with Gasteiger partial charge in [0.15, 0.2) is 0 Å².